The maximum absolute atomic E-state index is 10.7. The van der Waals surface area contributed by atoms with Crippen molar-refractivity contribution in [2.24, 2.45) is 0 Å². The molecule has 0 radical (unpaired) electrons. The van der Waals surface area contributed by atoms with Gasteiger partial charge in [-0.3, -0.25) is 0 Å². The highest BCUT2D eigenvalue weighted by Gasteiger charge is 2.53. The van der Waals surface area contributed by atoms with E-state index < -0.39 is 30.6 Å². The number of hydrogen-bond acceptors (Lipinski definition) is 8. The van der Waals surface area contributed by atoms with Crippen LogP contribution in [-0.4, -0.2) is 54.3 Å². The molecule has 2 aliphatic rings. The van der Waals surface area contributed by atoms with E-state index in [1.165, 1.54) is 6.92 Å². The predicted molar refractivity (Wildman–Crippen MR) is 86.0 cm³/mol. The van der Waals surface area contributed by atoms with Crippen LogP contribution in [0.3, 0.4) is 0 Å². The highest BCUT2D eigenvalue weighted by Crippen LogP contribution is 2.46. The largest absolute Gasteiger partial charge is 0.397 e. The highest BCUT2D eigenvalue weighted by molar-refractivity contribution is 5.92. The van der Waals surface area contributed by atoms with E-state index in [4.69, 9.17) is 16.2 Å². The zero-order chi connectivity index (χ0) is 17.2. The number of nitrogens with two attached hydrogens (primary N) is 2. The van der Waals surface area contributed by atoms with Crippen molar-refractivity contribution in [3.05, 3.63) is 11.9 Å². The molecule has 24 heavy (non-hydrogen) atoms. The average molecular weight is 335 g/mol. The summed E-state index contributed by atoms with van der Waals surface area (Å²) in [5.74, 6) is 0.442. The quantitative estimate of drug-likeness (QED) is 0.502. The molecule has 7 N–H and O–H groups in total. The lowest BCUT2D eigenvalue weighted by Gasteiger charge is -2.27. The molecule has 1 saturated heterocycles. The van der Waals surface area contributed by atoms with Crippen LogP contribution in [0, 0.1) is 0 Å². The Morgan fingerprint density at radius 3 is 2.67 bits per heavy atom. The number of aliphatic hydroxyl groups is 3. The fourth-order valence-corrected chi connectivity index (χ4v) is 3.44. The van der Waals surface area contributed by atoms with E-state index in [9.17, 15) is 15.3 Å². The summed E-state index contributed by atoms with van der Waals surface area (Å²) in [5.41, 5.74) is 12.1. The van der Waals surface area contributed by atoms with Gasteiger partial charge in [-0.25, -0.2) is 4.98 Å². The molecule has 0 spiro atoms. The zero-order valence-corrected chi connectivity index (χ0v) is 13.3. The summed E-state index contributed by atoms with van der Waals surface area (Å²) in [6.45, 7) is 1.04. The van der Waals surface area contributed by atoms with Gasteiger partial charge in [0.2, 0.25) is 5.95 Å². The molecule has 1 aliphatic carbocycles. The first-order valence-electron chi connectivity index (χ1n) is 7.94. The van der Waals surface area contributed by atoms with Crippen molar-refractivity contribution in [2.45, 2.75) is 49.7 Å². The molecule has 3 heterocycles. The number of fused-ring (bicyclic) bond motifs is 1. The zero-order valence-electron chi connectivity index (χ0n) is 13.3. The van der Waals surface area contributed by atoms with E-state index in [0.717, 1.165) is 18.5 Å². The van der Waals surface area contributed by atoms with Crippen molar-refractivity contribution < 1.29 is 20.1 Å². The summed E-state index contributed by atoms with van der Waals surface area (Å²) in [4.78, 5) is 8.59. The minimum atomic E-state index is -1.62. The Labute approximate surface area is 137 Å². The summed E-state index contributed by atoms with van der Waals surface area (Å²) in [6.07, 6.45) is 0.568. The Morgan fingerprint density at radius 2 is 2.08 bits per heavy atom. The summed E-state index contributed by atoms with van der Waals surface area (Å²) < 4.78 is 7.22. The van der Waals surface area contributed by atoms with Crippen molar-refractivity contribution in [3.8, 4) is 0 Å². The molecular weight excluding hydrogens is 314 g/mol. The second-order valence-electron chi connectivity index (χ2n) is 6.81. The van der Waals surface area contributed by atoms with Gasteiger partial charge >= 0.3 is 0 Å². The normalized spacial score (nSPS) is 33.4. The number of hydrogen-bond donors (Lipinski definition) is 5. The average Bonchev–Trinajstić information content (AvgIpc) is 3.28. The summed E-state index contributed by atoms with van der Waals surface area (Å²) in [6, 6.07) is 0. The van der Waals surface area contributed by atoms with Crippen molar-refractivity contribution in [3.63, 3.8) is 0 Å². The van der Waals surface area contributed by atoms with Crippen LogP contribution in [0.5, 0.6) is 0 Å². The number of aromatic nitrogens is 3. The first kappa shape index (κ1) is 15.6. The number of ether oxygens (including phenoxy) is 1. The fourth-order valence-electron chi connectivity index (χ4n) is 3.44. The van der Waals surface area contributed by atoms with Crippen LogP contribution < -0.4 is 11.5 Å². The van der Waals surface area contributed by atoms with E-state index in [0.29, 0.717) is 22.6 Å². The van der Waals surface area contributed by atoms with Crippen LogP contribution in [0.15, 0.2) is 6.20 Å². The number of nitrogen functional groups attached to an aromatic ring is 2. The lowest BCUT2D eigenvalue weighted by atomic mass is 9.96. The van der Waals surface area contributed by atoms with E-state index >= 15 is 0 Å². The second-order valence-corrected chi connectivity index (χ2v) is 6.81. The molecular formula is C15H21N5O4. The Hall–Kier alpha value is -1.94. The Morgan fingerprint density at radius 1 is 1.38 bits per heavy atom. The van der Waals surface area contributed by atoms with Crippen LogP contribution in [0.1, 0.15) is 37.6 Å². The van der Waals surface area contributed by atoms with Crippen LogP contribution in [0.4, 0.5) is 11.6 Å². The Kier molecular flexibility index (Phi) is 3.26. The molecule has 1 aliphatic heterocycles. The molecule has 2 aromatic rings. The van der Waals surface area contributed by atoms with Crippen LogP contribution >= 0.6 is 0 Å². The first-order valence-corrected chi connectivity index (χ1v) is 7.94. The van der Waals surface area contributed by atoms with Gasteiger partial charge in [-0.15, -0.1) is 0 Å². The van der Waals surface area contributed by atoms with E-state index in [-0.39, 0.29) is 5.95 Å². The maximum Gasteiger partial charge on any atom is 0.222 e. The van der Waals surface area contributed by atoms with Gasteiger partial charge in [0.15, 0.2) is 6.23 Å². The SMILES string of the molecule is C[C@@]1(O)[C@H](O)[C@@H](CO)O[C@H]1n1cc(N)c2c(C3CC3)nc(N)nc21. The summed E-state index contributed by atoms with van der Waals surface area (Å²) in [7, 11) is 0. The first-order chi connectivity index (χ1) is 11.3. The third kappa shape index (κ3) is 2.09. The summed E-state index contributed by atoms with van der Waals surface area (Å²) >= 11 is 0. The molecule has 4 rings (SSSR count). The van der Waals surface area contributed by atoms with E-state index in [1.54, 1.807) is 10.8 Å². The molecule has 9 heteroatoms. The minimum Gasteiger partial charge on any atom is -0.397 e. The second kappa shape index (κ2) is 5.03. The molecule has 4 atom stereocenters. The van der Waals surface area contributed by atoms with Gasteiger partial charge in [0.25, 0.3) is 0 Å². The number of anilines is 2. The van der Waals surface area contributed by atoms with E-state index in [1.807, 2.05) is 0 Å². The molecule has 9 nitrogen and oxygen atoms in total. The van der Waals surface area contributed by atoms with Crippen LogP contribution in [0.25, 0.3) is 11.0 Å². The predicted octanol–water partition coefficient (Wildman–Crippen LogP) is -0.525. The molecule has 0 aromatic carbocycles. The monoisotopic (exact) mass is 335 g/mol. The molecule has 0 bridgehead atoms. The number of aliphatic hydroxyl groups excluding tert-OH is 2. The van der Waals surface area contributed by atoms with Crippen LogP contribution in [-0.2, 0) is 4.74 Å². The molecule has 0 amide bonds. The maximum atomic E-state index is 10.7. The van der Waals surface area contributed by atoms with Gasteiger partial charge in [0, 0.05) is 12.1 Å². The standard InChI is InChI=1S/C15H21N5O4/c1-15(23)11(22)8(5-21)24-13(15)20-4-7(16)9-10(6-2-3-6)18-14(17)19-12(9)20/h4,6,8,11,13,21-23H,2-3,5,16H2,1H3,(H2,17,18,19)/t8-,11-,13-,15-/m1/s1. The van der Waals surface area contributed by atoms with Crippen molar-refractivity contribution >= 4 is 22.7 Å². The topological polar surface area (TPSA) is 153 Å². The molecule has 130 valence electrons. The lowest BCUT2D eigenvalue weighted by molar-refractivity contribution is -0.0947. The van der Waals surface area contributed by atoms with Crippen LogP contribution in [0.2, 0.25) is 0 Å². The Balaban J connectivity index is 1.89. The lowest BCUT2D eigenvalue weighted by Crippen LogP contribution is -2.44. The third-order valence-electron chi connectivity index (χ3n) is 4.90. The summed E-state index contributed by atoms with van der Waals surface area (Å²) in [5, 5.41) is 30.9. The van der Waals surface area contributed by atoms with Gasteiger partial charge in [0.05, 0.1) is 23.4 Å². The number of rotatable bonds is 3. The van der Waals surface area contributed by atoms with Gasteiger partial charge in [-0.2, -0.15) is 4.98 Å². The van der Waals surface area contributed by atoms with Gasteiger partial charge in [-0.1, -0.05) is 0 Å². The molecule has 0 unspecified atom stereocenters. The molecule has 2 fully saturated rings. The van der Waals surface area contributed by atoms with Gasteiger partial charge in [0.1, 0.15) is 23.5 Å². The fraction of sp³-hybridized carbons (Fsp3) is 0.600. The van der Waals surface area contributed by atoms with Crippen molar-refractivity contribution in [1.82, 2.24) is 14.5 Å². The third-order valence-corrected chi connectivity index (χ3v) is 4.90. The smallest absolute Gasteiger partial charge is 0.222 e. The molecule has 2 aromatic heterocycles. The van der Waals surface area contributed by atoms with Gasteiger partial charge < -0.3 is 36.1 Å². The highest BCUT2D eigenvalue weighted by atomic mass is 16.6. The molecule has 1 saturated carbocycles. The Bertz CT molecular complexity index is 801. The van der Waals surface area contributed by atoms with E-state index in [2.05, 4.69) is 9.97 Å². The van der Waals surface area contributed by atoms with Gasteiger partial charge in [-0.05, 0) is 19.8 Å². The number of nitrogens with zero attached hydrogens (tertiary/aromatic N) is 3. The van der Waals surface area contributed by atoms with Crippen molar-refractivity contribution in [2.75, 3.05) is 18.1 Å². The van der Waals surface area contributed by atoms with Crippen molar-refractivity contribution in [1.29, 1.82) is 0 Å². The minimum absolute atomic E-state index is 0.126.